The molecule has 29 heavy (non-hydrogen) atoms. The van der Waals surface area contributed by atoms with Crippen molar-refractivity contribution in [3.8, 4) is 17.2 Å². The Morgan fingerprint density at radius 3 is 2.48 bits per heavy atom. The smallest absolute Gasteiger partial charge is 0.263 e. The van der Waals surface area contributed by atoms with Crippen LogP contribution in [0.5, 0.6) is 17.2 Å². The van der Waals surface area contributed by atoms with E-state index in [1.807, 2.05) is 13.0 Å². The van der Waals surface area contributed by atoms with Crippen molar-refractivity contribution >= 4 is 54.8 Å². The molecule has 3 rings (SSSR count). The first kappa shape index (κ1) is 21.7. The van der Waals surface area contributed by atoms with Crippen molar-refractivity contribution in [1.82, 2.24) is 4.98 Å². The summed E-state index contributed by atoms with van der Waals surface area (Å²) in [6.45, 7) is 1.90. The van der Waals surface area contributed by atoms with E-state index in [4.69, 9.17) is 32.7 Å². The fraction of sp³-hybridized carbons (Fsp3) is 0.105. The maximum atomic E-state index is 12.8. The number of hydrogen-bond donors (Lipinski definition) is 1. The van der Waals surface area contributed by atoms with E-state index in [1.54, 1.807) is 18.5 Å². The first-order valence-electron chi connectivity index (χ1n) is 8.14. The minimum absolute atomic E-state index is 0.0139. The van der Waals surface area contributed by atoms with Crippen molar-refractivity contribution in [1.29, 1.82) is 0 Å². The maximum Gasteiger partial charge on any atom is 0.263 e. The summed E-state index contributed by atoms with van der Waals surface area (Å²) in [5, 5.41) is 0.351. The lowest BCUT2D eigenvalue weighted by Gasteiger charge is -2.15. The molecule has 0 amide bonds. The molecule has 0 saturated heterocycles. The number of halogens is 3. The zero-order chi connectivity index (χ0) is 21.2. The molecule has 0 spiro atoms. The molecule has 0 bridgehead atoms. The van der Waals surface area contributed by atoms with Crippen LogP contribution in [0.4, 0.5) is 5.69 Å². The summed E-state index contributed by atoms with van der Waals surface area (Å²) in [7, 11) is -2.51. The van der Waals surface area contributed by atoms with E-state index in [9.17, 15) is 8.42 Å². The first-order chi connectivity index (χ1) is 13.7. The van der Waals surface area contributed by atoms with Gasteiger partial charge in [-0.2, -0.15) is 0 Å². The number of aryl methyl sites for hydroxylation is 1. The number of sulfonamides is 1. The molecule has 0 atom stereocenters. The van der Waals surface area contributed by atoms with Crippen molar-refractivity contribution in [2.45, 2.75) is 11.8 Å². The Morgan fingerprint density at radius 2 is 1.83 bits per heavy atom. The third-order valence-electron chi connectivity index (χ3n) is 3.76. The van der Waals surface area contributed by atoms with Crippen LogP contribution in [-0.4, -0.2) is 20.5 Å². The highest BCUT2D eigenvalue weighted by Crippen LogP contribution is 2.40. The summed E-state index contributed by atoms with van der Waals surface area (Å²) in [4.78, 5) is 3.98. The highest BCUT2D eigenvalue weighted by molar-refractivity contribution is 9.10. The van der Waals surface area contributed by atoms with Crippen LogP contribution in [0, 0.1) is 6.92 Å². The molecular weight excluding hydrogens is 503 g/mol. The van der Waals surface area contributed by atoms with Crippen molar-refractivity contribution in [2.24, 2.45) is 0 Å². The summed E-state index contributed by atoms with van der Waals surface area (Å²) in [5.74, 6) is 1.24. The second-order valence-corrected chi connectivity index (χ2v) is 9.31. The number of methoxy groups -OCH3 is 1. The van der Waals surface area contributed by atoms with Gasteiger partial charge >= 0.3 is 0 Å². The third-order valence-corrected chi connectivity index (χ3v) is 6.50. The van der Waals surface area contributed by atoms with Gasteiger partial charge in [0.15, 0.2) is 11.5 Å². The largest absolute Gasteiger partial charge is 0.493 e. The molecule has 0 fully saturated rings. The van der Waals surface area contributed by atoms with Crippen LogP contribution >= 0.6 is 39.1 Å². The second-order valence-electron chi connectivity index (χ2n) is 5.96. The summed E-state index contributed by atoms with van der Waals surface area (Å²) < 4.78 is 39.6. The summed E-state index contributed by atoms with van der Waals surface area (Å²) in [6.07, 6.45) is 3.28. The molecular formula is C19H15BrCl2N2O4S. The predicted octanol–water partition coefficient (Wildman–Crippen LogP) is 6.06. The SMILES string of the molecule is COc1cc(NS(=O)(=O)c2ccc(Cl)cc2Cl)c(Br)cc1Oc1cncc(C)c1. The molecule has 152 valence electrons. The molecule has 1 heterocycles. The van der Waals surface area contributed by atoms with Gasteiger partial charge in [-0.1, -0.05) is 23.2 Å². The van der Waals surface area contributed by atoms with Crippen LogP contribution in [0.15, 0.2) is 58.2 Å². The number of ether oxygens (including phenoxy) is 2. The van der Waals surface area contributed by atoms with Gasteiger partial charge in [-0.15, -0.1) is 0 Å². The molecule has 0 aliphatic heterocycles. The molecule has 0 radical (unpaired) electrons. The van der Waals surface area contributed by atoms with Gasteiger partial charge < -0.3 is 9.47 Å². The molecule has 0 aliphatic carbocycles. The van der Waals surface area contributed by atoms with Crippen LogP contribution in [0.25, 0.3) is 0 Å². The van der Waals surface area contributed by atoms with E-state index in [0.717, 1.165) is 5.56 Å². The number of rotatable bonds is 6. The topological polar surface area (TPSA) is 77.5 Å². The Kier molecular flexibility index (Phi) is 6.58. The Morgan fingerprint density at radius 1 is 1.07 bits per heavy atom. The van der Waals surface area contributed by atoms with Crippen LogP contribution in [0.2, 0.25) is 10.0 Å². The van der Waals surface area contributed by atoms with Crippen LogP contribution in [-0.2, 0) is 10.0 Å². The van der Waals surface area contributed by atoms with Crippen molar-refractivity contribution in [3.05, 3.63) is 68.9 Å². The number of benzene rings is 2. The maximum absolute atomic E-state index is 12.8. The fourth-order valence-electron chi connectivity index (χ4n) is 2.46. The van der Waals surface area contributed by atoms with E-state index in [-0.39, 0.29) is 15.6 Å². The number of anilines is 1. The minimum Gasteiger partial charge on any atom is -0.493 e. The molecule has 0 unspecified atom stereocenters. The van der Waals surface area contributed by atoms with Gasteiger partial charge in [-0.25, -0.2) is 8.42 Å². The molecule has 3 aromatic rings. The number of hydrogen-bond acceptors (Lipinski definition) is 5. The van der Waals surface area contributed by atoms with Gasteiger partial charge in [0.1, 0.15) is 10.6 Å². The van der Waals surface area contributed by atoms with Crippen LogP contribution < -0.4 is 14.2 Å². The number of pyridine rings is 1. The molecule has 2 aromatic carbocycles. The fourth-order valence-corrected chi connectivity index (χ4v) is 4.85. The molecule has 0 aliphatic rings. The average Bonchev–Trinajstić information content (AvgIpc) is 2.63. The van der Waals surface area contributed by atoms with Crippen molar-refractivity contribution in [2.75, 3.05) is 11.8 Å². The third kappa shape index (κ3) is 5.14. The molecule has 0 saturated carbocycles. The zero-order valence-electron chi connectivity index (χ0n) is 15.2. The summed E-state index contributed by atoms with van der Waals surface area (Å²) in [5.41, 5.74) is 1.19. The van der Waals surface area contributed by atoms with E-state index in [1.165, 1.54) is 31.4 Å². The van der Waals surface area contributed by atoms with Gasteiger partial charge in [0.2, 0.25) is 0 Å². The normalized spacial score (nSPS) is 11.2. The standard InChI is InChI=1S/C19H15BrCl2N2O4S/c1-11-5-13(10-23-9-11)28-18-7-14(20)16(8-17(18)27-2)24-29(25,26)19-4-3-12(21)6-15(19)22/h3-10,24H,1-2H3. The van der Waals surface area contributed by atoms with E-state index in [2.05, 4.69) is 25.6 Å². The molecule has 10 heteroatoms. The minimum atomic E-state index is -3.96. The van der Waals surface area contributed by atoms with Crippen LogP contribution in [0.1, 0.15) is 5.56 Å². The Hall–Kier alpha value is -2.00. The predicted molar refractivity (Wildman–Crippen MR) is 117 cm³/mol. The molecule has 1 N–H and O–H groups in total. The Labute approximate surface area is 187 Å². The highest BCUT2D eigenvalue weighted by atomic mass is 79.9. The number of nitrogens with zero attached hydrogens (tertiary/aromatic N) is 1. The molecule has 1 aromatic heterocycles. The van der Waals surface area contributed by atoms with Crippen LogP contribution in [0.3, 0.4) is 0 Å². The Balaban J connectivity index is 1.94. The molecule has 6 nitrogen and oxygen atoms in total. The lowest BCUT2D eigenvalue weighted by Crippen LogP contribution is -2.14. The number of nitrogens with one attached hydrogen (secondary N) is 1. The second kappa shape index (κ2) is 8.79. The van der Waals surface area contributed by atoms with E-state index >= 15 is 0 Å². The monoisotopic (exact) mass is 516 g/mol. The first-order valence-corrected chi connectivity index (χ1v) is 11.2. The van der Waals surface area contributed by atoms with Crippen molar-refractivity contribution < 1.29 is 17.9 Å². The lowest BCUT2D eigenvalue weighted by molar-refractivity contribution is 0.378. The van der Waals surface area contributed by atoms with Gasteiger partial charge in [-0.3, -0.25) is 9.71 Å². The summed E-state index contributed by atoms with van der Waals surface area (Å²) in [6, 6.07) is 9.07. The van der Waals surface area contributed by atoms with E-state index < -0.39 is 10.0 Å². The van der Waals surface area contributed by atoms with E-state index in [0.29, 0.717) is 26.7 Å². The van der Waals surface area contributed by atoms with Gasteiger partial charge in [-0.05, 0) is 52.7 Å². The van der Waals surface area contributed by atoms with Gasteiger partial charge in [0.05, 0.1) is 24.0 Å². The zero-order valence-corrected chi connectivity index (χ0v) is 19.2. The highest BCUT2D eigenvalue weighted by Gasteiger charge is 2.21. The lowest BCUT2D eigenvalue weighted by atomic mass is 10.2. The van der Waals surface area contributed by atoms with Crippen molar-refractivity contribution in [3.63, 3.8) is 0 Å². The summed E-state index contributed by atoms with van der Waals surface area (Å²) >= 11 is 15.2. The Bertz CT molecular complexity index is 1170. The quantitative estimate of drug-likeness (QED) is 0.430. The number of aromatic nitrogens is 1. The van der Waals surface area contributed by atoms with Gasteiger partial charge in [0, 0.05) is 27.8 Å². The average molecular weight is 518 g/mol. The van der Waals surface area contributed by atoms with Gasteiger partial charge in [0.25, 0.3) is 10.0 Å².